The summed E-state index contributed by atoms with van der Waals surface area (Å²) in [7, 11) is 0. The predicted octanol–water partition coefficient (Wildman–Crippen LogP) is 3.10. The van der Waals surface area contributed by atoms with Gasteiger partial charge in [-0.2, -0.15) is 0 Å². The van der Waals surface area contributed by atoms with Gasteiger partial charge in [-0.15, -0.1) is 0 Å². The second kappa shape index (κ2) is 5.66. The molecule has 2 aliphatic heterocycles. The van der Waals surface area contributed by atoms with Crippen LogP contribution in [0, 0.1) is 10.8 Å². The first-order chi connectivity index (χ1) is 12.2. The topological polar surface area (TPSA) is 57.7 Å². The Morgan fingerprint density at radius 3 is 2.31 bits per heavy atom. The number of benzene rings is 1. The van der Waals surface area contributed by atoms with Crippen molar-refractivity contribution in [2.75, 3.05) is 13.1 Å². The van der Waals surface area contributed by atoms with Gasteiger partial charge in [-0.1, -0.05) is 32.9 Å². The first-order valence-corrected chi connectivity index (χ1v) is 9.44. The number of imide groups is 1. The molecule has 138 valence electrons. The van der Waals surface area contributed by atoms with E-state index in [0.29, 0.717) is 17.2 Å². The van der Waals surface area contributed by atoms with Gasteiger partial charge in [0.25, 0.3) is 11.8 Å². The van der Waals surface area contributed by atoms with Gasteiger partial charge in [-0.3, -0.25) is 19.3 Å². The van der Waals surface area contributed by atoms with Crippen molar-refractivity contribution < 1.29 is 14.4 Å². The molecule has 4 rings (SSSR count). The molecule has 1 aromatic rings. The highest BCUT2D eigenvalue weighted by Crippen LogP contribution is 2.52. The van der Waals surface area contributed by atoms with Crippen LogP contribution in [0.4, 0.5) is 0 Å². The molecule has 0 aromatic heterocycles. The van der Waals surface area contributed by atoms with Gasteiger partial charge in [-0.05, 0) is 42.2 Å². The highest BCUT2D eigenvalue weighted by molar-refractivity contribution is 6.21. The average Bonchev–Trinajstić information content (AvgIpc) is 2.96. The van der Waals surface area contributed by atoms with Crippen LogP contribution in [0.1, 0.15) is 67.2 Å². The van der Waals surface area contributed by atoms with E-state index in [4.69, 9.17) is 0 Å². The molecule has 1 saturated carbocycles. The molecule has 2 heterocycles. The van der Waals surface area contributed by atoms with Crippen molar-refractivity contribution >= 4 is 17.7 Å². The van der Waals surface area contributed by atoms with Crippen molar-refractivity contribution in [3.8, 4) is 0 Å². The Hall–Kier alpha value is -2.17. The molecule has 0 radical (unpaired) electrons. The highest BCUT2D eigenvalue weighted by Gasteiger charge is 2.50. The number of carbonyl (C=O) groups is 3. The third-order valence-electron chi connectivity index (χ3n) is 6.16. The number of rotatable bonds is 3. The second-order valence-corrected chi connectivity index (χ2v) is 9.29. The minimum Gasteiger partial charge on any atom is -0.339 e. The van der Waals surface area contributed by atoms with Gasteiger partial charge >= 0.3 is 0 Å². The summed E-state index contributed by atoms with van der Waals surface area (Å²) in [5, 5.41) is 0. The van der Waals surface area contributed by atoms with Crippen LogP contribution in [0.5, 0.6) is 0 Å². The van der Waals surface area contributed by atoms with E-state index in [1.807, 2.05) is 4.90 Å². The molecular weight excluding hydrogens is 328 g/mol. The molecule has 5 heteroatoms. The van der Waals surface area contributed by atoms with Crippen LogP contribution in [0.3, 0.4) is 0 Å². The van der Waals surface area contributed by atoms with Gasteiger partial charge in [0, 0.05) is 25.6 Å². The number of hydrogen-bond acceptors (Lipinski definition) is 3. The number of carbonyl (C=O) groups excluding carboxylic acids is 3. The van der Waals surface area contributed by atoms with Crippen molar-refractivity contribution in [1.82, 2.24) is 9.80 Å². The van der Waals surface area contributed by atoms with E-state index in [2.05, 4.69) is 20.8 Å². The number of nitrogens with zero attached hydrogens (tertiary/aromatic N) is 2. The molecule has 2 fully saturated rings. The molecule has 1 aliphatic carbocycles. The van der Waals surface area contributed by atoms with Gasteiger partial charge in [-0.25, -0.2) is 0 Å². The normalized spacial score (nSPS) is 29.3. The Bertz CT molecular complexity index is 765. The monoisotopic (exact) mass is 354 g/mol. The predicted molar refractivity (Wildman–Crippen MR) is 97.7 cm³/mol. The van der Waals surface area contributed by atoms with Crippen LogP contribution in [0.2, 0.25) is 0 Å². The van der Waals surface area contributed by atoms with Crippen molar-refractivity contribution in [2.45, 2.75) is 52.5 Å². The van der Waals surface area contributed by atoms with Crippen LogP contribution in [-0.4, -0.2) is 46.7 Å². The zero-order chi connectivity index (χ0) is 18.7. The third kappa shape index (κ3) is 2.74. The maximum atomic E-state index is 12.9. The summed E-state index contributed by atoms with van der Waals surface area (Å²) in [6.45, 7) is 7.79. The fraction of sp³-hybridized carbons (Fsp3) is 0.571. The Morgan fingerprint density at radius 2 is 1.69 bits per heavy atom. The lowest BCUT2D eigenvalue weighted by molar-refractivity contribution is -0.132. The minimum atomic E-state index is -0.286. The van der Waals surface area contributed by atoms with Gasteiger partial charge in [0.2, 0.25) is 5.91 Å². The largest absolute Gasteiger partial charge is 0.339 e. The summed E-state index contributed by atoms with van der Waals surface area (Å²) in [5.74, 6) is -0.508. The fourth-order valence-corrected chi connectivity index (χ4v) is 5.54. The van der Waals surface area contributed by atoms with Gasteiger partial charge in [0.05, 0.1) is 11.1 Å². The van der Waals surface area contributed by atoms with Crippen LogP contribution in [0.25, 0.3) is 0 Å². The molecule has 0 spiro atoms. The van der Waals surface area contributed by atoms with Crippen molar-refractivity contribution in [2.24, 2.45) is 10.8 Å². The molecule has 1 saturated heterocycles. The zero-order valence-electron chi connectivity index (χ0n) is 15.7. The maximum Gasteiger partial charge on any atom is 0.261 e. The van der Waals surface area contributed by atoms with E-state index >= 15 is 0 Å². The van der Waals surface area contributed by atoms with E-state index in [1.165, 1.54) is 4.90 Å². The SMILES string of the molecule is CC1(C)C[C@H]2C[C@](C)(CN2C(=O)CCN2C(=O)c3ccccc3C2=O)C1. The smallest absolute Gasteiger partial charge is 0.261 e. The molecule has 2 atom stereocenters. The lowest BCUT2D eigenvalue weighted by atomic mass is 9.65. The molecule has 0 unspecified atom stereocenters. The van der Waals surface area contributed by atoms with Gasteiger partial charge < -0.3 is 4.90 Å². The van der Waals surface area contributed by atoms with Gasteiger partial charge in [0.1, 0.15) is 0 Å². The number of fused-ring (bicyclic) bond motifs is 3. The van der Waals surface area contributed by atoms with Crippen molar-refractivity contribution in [1.29, 1.82) is 0 Å². The number of likely N-dealkylation sites (tertiary alicyclic amines) is 1. The Balaban J connectivity index is 1.43. The van der Waals surface area contributed by atoms with Crippen molar-refractivity contribution in [3.05, 3.63) is 35.4 Å². The lowest BCUT2D eigenvalue weighted by Crippen LogP contribution is -2.40. The molecule has 0 N–H and O–H groups in total. The molecule has 3 amide bonds. The molecule has 5 nitrogen and oxygen atoms in total. The Kier molecular flexibility index (Phi) is 3.76. The minimum absolute atomic E-state index is 0.0629. The van der Waals surface area contributed by atoms with Gasteiger partial charge in [0.15, 0.2) is 0 Å². The molecule has 26 heavy (non-hydrogen) atoms. The highest BCUT2D eigenvalue weighted by atomic mass is 16.2. The van der Waals surface area contributed by atoms with Crippen LogP contribution < -0.4 is 0 Å². The quantitative estimate of drug-likeness (QED) is 0.784. The molecular formula is C21H26N2O3. The number of amides is 3. The van der Waals surface area contributed by atoms with Crippen molar-refractivity contribution in [3.63, 3.8) is 0 Å². The summed E-state index contributed by atoms with van der Waals surface area (Å²) >= 11 is 0. The fourth-order valence-electron chi connectivity index (χ4n) is 5.54. The lowest BCUT2D eigenvalue weighted by Gasteiger charge is -2.39. The summed E-state index contributed by atoms with van der Waals surface area (Å²) in [4.78, 5) is 41.0. The van der Waals surface area contributed by atoms with Crippen LogP contribution in [-0.2, 0) is 4.79 Å². The second-order valence-electron chi connectivity index (χ2n) is 9.29. The summed E-state index contributed by atoms with van der Waals surface area (Å²) in [6.07, 6.45) is 3.44. The van der Waals surface area contributed by atoms with E-state index in [1.54, 1.807) is 24.3 Å². The Morgan fingerprint density at radius 1 is 1.08 bits per heavy atom. The molecule has 1 aromatic carbocycles. The average molecular weight is 354 g/mol. The standard InChI is InChI=1S/C21H26N2O3/c1-20(2)10-14-11-21(3,12-20)13-23(14)17(24)8-9-22-18(25)15-6-4-5-7-16(15)19(22)26/h4-7,14H,8-13H2,1-3H3/t14-,21-/m0/s1. The molecule has 3 aliphatic rings. The van der Waals surface area contributed by atoms with E-state index in [-0.39, 0.29) is 41.5 Å². The van der Waals surface area contributed by atoms with Crippen LogP contribution >= 0.6 is 0 Å². The Labute approximate surface area is 154 Å². The van der Waals surface area contributed by atoms with Crippen LogP contribution in [0.15, 0.2) is 24.3 Å². The first kappa shape index (κ1) is 17.3. The zero-order valence-corrected chi connectivity index (χ0v) is 15.7. The van der Waals surface area contributed by atoms with E-state index in [9.17, 15) is 14.4 Å². The summed E-state index contributed by atoms with van der Waals surface area (Å²) < 4.78 is 0. The number of hydrogen-bond donors (Lipinski definition) is 0. The van der Waals surface area contributed by atoms with E-state index in [0.717, 1.165) is 25.8 Å². The first-order valence-electron chi connectivity index (χ1n) is 9.44. The molecule has 2 bridgehead atoms. The summed E-state index contributed by atoms with van der Waals surface area (Å²) in [5.41, 5.74) is 1.33. The maximum absolute atomic E-state index is 12.9. The van der Waals surface area contributed by atoms with E-state index < -0.39 is 0 Å². The summed E-state index contributed by atoms with van der Waals surface area (Å²) in [6, 6.07) is 7.14. The third-order valence-corrected chi connectivity index (χ3v) is 6.16.